The predicted octanol–water partition coefficient (Wildman–Crippen LogP) is 3.48. The van der Waals surface area contributed by atoms with Gasteiger partial charge in [0.25, 0.3) is 0 Å². The van der Waals surface area contributed by atoms with Gasteiger partial charge in [-0.3, -0.25) is 0 Å². The van der Waals surface area contributed by atoms with Crippen LogP contribution >= 0.6 is 0 Å². The van der Waals surface area contributed by atoms with Gasteiger partial charge in [-0.25, -0.2) is 0 Å². The van der Waals surface area contributed by atoms with Gasteiger partial charge >= 0.3 is 0 Å². The number of hydrogen-bond acceptors (Lipinski definition) is 2. The maximum absolute atomic E-state index is 3.66. The molecule has 0 heterocycles. The van der Waals surface area contributed by atoms with E-state index < -0.39 is 0 Å². The van der Waals surface area contributed by atoms with Gasteiger partial charge in [0.1, 0.15) is 0 Å². The normalized spacial score (nSPS) is 18.6. The zero-order valence-electron chi connectivity index (χ0n) is 12.3. The van der Waals surface area contributed by atoms with Crippen molar-refractivity contribution in [3.8, 4) is 0 Å². The Morgan fingerprint density at radius 1 is 1.21 bits per heavy atom. The second-order valence-electron chi connectivity index (χ2n) is 6.27. The maximum atomic E-state index is 3.66. The standard InChI is InChI=1S/C17H26N2/c1-3-19(12-14-5-6-14)17-9-4-13(2)10-15(17)11-18-16-7-8-16/h4,9-10,14,16,18H,3,5-8,11-12H2,1-2H3. The average molecular weight is 258 g/mol. The summed E-state index contributed by atoms with van der Waals surface area (Å²) in [6, 6.07) is 7.73. The van der Waals surface area contributed by atoms with Crippen LogP contribution < -0.4 is 10.2 Å². The fourth-order valence-corrected chi connectivity index (χ4v) is 2.72. The van der Waals surface area contributed by atoms with Crippen molar-refractivity contribution in [1.29, 1.82) is 0 Å². The van der Waals surface area contributed by atoms with Crippen LogP contribution in [0.5, 0.6) is 0 Å². The molecule has 104 valence electrons. The van der Waals surface area contributed by atoms with Crippen molar-refractivity contribution < 1.29 is 0 Å². The molecule has 19 heavy (non-hydrogen) atoms. The van der Waals surface area contributed by atoms with E-state index >= 15 is 0 Å². The summed E-state index contributed by atoms with van der Waals surface area (Å²) in [6.45, 7) is 7.87. The minimum atomic E-state index is 0.784. The fourth-order valence-electron chi connectivity index (χ4n) is 2.72. The van der Waals surface area contributed by atoms with Crippen molar-refractivity contribution in [2.75, 3.05) is 18.0 Å². The first-order valence-electron chi connectivity index (χ1n) is 7.84. The van der Waals surface area contributed by atoms with Crippen molar-refractivity contribution in [2.24, 2.45) is 5.92 Å². The van der Waals surface area contributed by atoms with Crippen LogP contribution in [0.1, 0.15) is 43.7 Å². The van der Waals surface area contributed by atoms with Crippen LogP contribution in [0.25, 0.3) is 0 Å². The van der Waals surface area contributed by atoms with Crippen LogP contribution in [0.2, 0.25) is 0 Å². The summed E-state index contributed by atoms with van der Waals surface area (Å²) in [7, 11) is 0. The Bertz CT molecular complexity index is 433. The third-order valence-corrected chi connectivity index (χ3v) is 4.29. The van der Waals surface area contributed by atoms with Gasteiger partial charge in [0.05, 0.1) is 0 Å². The number of benzene rings is 1. The summed E-state index contributed by atoms with van der Waals surface area (Å²) < 4.78 is 0. The van der Waals surface area contributed by atoms with Gasteiger partial charge in [-0.2, -0.15) is 0 Å². The second kappa shape index (κ2) is 5.54. The van der Waals surface area contributed by atoms with E-state index in [1.165, 1.54) is 49.0 Å². The van der Waals surface area contributed by atoms with Crippen LogP contribution in [-0.2, 0) is 6.54 Å². The molecule has 2 nitrogen and oxygen atoms in total. The summed E-state index contributed by atoms with van der Waals surface area (Å²) in [4.78, 5) is 2.57. The molecule has 0 radical (unpaired) electrons. The van der Waals surface area contributed by atoms with Crippen LogP contribution in [0.3, 0.4) is 0 Å². The lowest BCUT2D eigenvalue weighted by atomic mass is 10.1. The zero-order valence-corrected chi connectivity index (χ0v) is 12.3. The smallest absolute Gasteiger partial charge is 0.0412 e. The first-order valence-corrected chi connectivity index (χ1v) is 7.84. The first kappa shape index (κ1) is 13.0. The molecule has 2 aliphatic carbocycles. The lowest BCUT2D eigenvalue weighted by Crippen LogP contribution is -2.27. The zero-order chi connectivity index (χ0) is 13.2. The summed E-state index contributed by atoms with van der Waals surface area (Å²) in [5.74, 6) is 0.950. The second-order valence-corrected chi connectivity index (χ2v) is 6.27. The van der Waals surface area contributed by atoms with Crippen molar-refractivity contribution in [2.45, 2.75) is 52.1 Å². The SMILES string of the molecule is CCN(CC1CC1)c1ccc(C)cc1CNC1CC1. The number of rotatable bonds is 7. The lowest BCUT2D eigenvalue weighted by molar-refractivity contribution is 0.678. The molecule has 2 fully saturated rings. The molecule has 2 heteroatoms. The number of nitrogens with one attached hydrogen (secondary N) is 1. The third kappa shape index (κ3) is 3.50. The summed E-state index contributed by atoms with van der Waals surface area (Å²) in [5, 5.41) is 3.66. The molecule has 0 unspecified atom stereocenters. The van der Waals surface area contributed by atoms with Gasteiger partial charge in [0, 0.05) is 31.4 Å². The quantitative estimate of drug-likeness (QED) is 0.805. The van der Waals surface area contributed by atoms with Crippen molar-refractivity contribution in [1.82, 2.24) is 5.32 Å². The molecule has 0 bridgehead atoms. The average Bonchev–Trinajstić information content (AvgIpc) is 3.28. The van der Waals surface area contributed by atoms with E-state index in [9.17, 15) is 0 Å². The number of anilines is 1. The minimum Gasteiger partial charge on any atom is -0.371 e. The molecule has 0 spiro atoms. The van der Waals surface area contributed by atoms with E-state index in [2.05, 4.69) is 42.3 Å². The predicted molar refractivity (Wildman–Crippen MR) is 81.7 cm³/mol. The molecule has 0 atom stereocenters. The molecule has 3 rings (SSSR count). The molecule has 0 amide bonds. The van der Waals surface area contributed by atoms with Crippen LogP contribution in [0.4, 0.5) is 5.69 Å². The highest BCUT2D eigenvalue weighted by Gasteiger charge is 2.25. The van der Waals surface area contributed by atoms with Gasteiger partial charge < -0.3 is 10.2 Å². The van der Waals surface area contributed by atoms with Gasteiger partial charge in [-0.05, 0) is 57.1 Å². The Morgan fingerprint density at radius 3 is 2.63 bits per heavy atom. The fraction of sp³-hybridized carbons (Fsp3) is 0.647. The highest BCUT2D eigenvalue weighted by Crippen LogP contribution is 2.33. The summed E-state index contributed by atoms with van der Waals surface area (Å²) in [5.41, 5.74) is 4.31. The van der Waals surface area contributed by atoms with Crippen molar-refractivity contribution in [3.05, 3.63) is 29.3 Å². The first-order chi connectivity index (χ1) is 9.26. The number of nitrogens with zero attached hydrogens (tertiary/aromatic N) is 1. The Balaban J connectivity index is 1.75. The monoisotopic (exact) mass is 258 g/mol. The molecular formula is C17H26N2. The largest absolute Gasteiger partial charge is 0.371 e. The van der Waals surface area contributed by atoms with E-state index in [-0.39, 0.29) is 0 Å². The topological polar surface area (TPSA) is 15.3 Å². The highest BCUT2D eigenvalue weighted by molar-refractivity contribution is 5.55. The third-order valence-electron chi connectivity index (χ3n) is 4.29. The van der Waals surface area contributed by atoms with E-state index in [0.717, 1.165) is 25.0 Å². The molecule has 0 aliphatic heterocycles. The Hall–Kier alpha value is -1.02. The Morgan fingerprint density at radius 2 is 2.00 bits per heavy atom. The van der Waals surface area contributed by atoms with Gasteiger partial charge in [0.2, 0.25) is 0 Å². The molecule has 2 aliphatic rings. The Labute approximate surface area is 117 Å². The van der Waals surface area contributed by atoms with E-state index in [1.54, 1.807) is 0 Å². The minimum absolute atomic E-state index is 0.784. The molecule has 1 N–H and O–H groups in total. The van der Waals surface area contributed by atoms with Gasteiger partial charge in [-0.1, -0.05) is 17.7 Å². The molecule has 0 aromatic heterocycles. The van der Waals surface area contributed by atoms with Crippen molar-refractivity contribution >= 4 is 5.69 Å². The van der Waals surface area contributed by atoms with E-state index in [0.29, 0.717) is 0 Å². The molecule has 2 saturated carbocycles. The highest BCUT2D eigenvalue weighted by atomic mass is 15.1. The lowest BCUT2D eigenvalue weighted by Gasteiger charge is -2.26. The maximum Gasteiger partial charge on any atom is 0.0412 e. The molecule has 1 aromatic rings. The summed E-state index contributed by atoms with van der Waals surface area (Å²) >= 11 is 0. The van der Waals surface area contributed by atoms with E-state index in [4.69, 9.17) is 0 Å². The van der Waals surface area contributed by atoms with Gasteiger partial charge in [0.15, 0.2) is 0 Å². The van der Waals surface area contributed by atoms with Crippen molar-refractivity contribution in [3.63, 3.8) is 0 Å². The number of hydrogen-bond donors (Lipinski definition) is 1. The molecule has 1 aromatic carbocycles. The number of aryl methyl sites for hydroxylation is 1. The molecule has 0 saturated heterocycles. The molecular weight excluding hydrogens is 232 g/mol. The van der Waals surface area contributed by atoms with Gasteiger partial charge in [-0.15, -0.1) is 0 Å². The summed E-state index contributed by atoms with van der Waals surface area (Å²) in [6.07, 6.45) is 5.58. The van der Waals surface area contributed by atoms with Crippen LogP contribution in [-0.4, -0.2) is 19.1 Å². The Kier molecular flexibility index (Phi) is 3.79. The van der Waals surface area contributed by atoms with Crippen LogP contribution in [0, 0.1) is 12.8 Å². The van der Waals surface area contributed by atoms with Crippen LogP contribution in [0.15, 0.2) is 18.2 Å². The van der Waals surface area contributed by atoms with E-state index in [1.807, 2.05) is 0 Å².